The molecule has 1 aliphatic rings. The molecule has 0 bridgehead atoms. The van der Waals surface area contributed by atoms with Crippen LogP contribution in [-0.2, 0) is 4.79 Å². The van der Waals surface area contributed by atoms with Crippen molar-refractivity contribution < 1.29 is 9.53 Å². The van der Waals surface area contributed by atoms with Gasteiger partial charge in [-0.05, 0) is 48.0 Å². The van der Waals surface area contributed by atoms with Crippen LogP contribution in [0.25, 0.3) is 6.08 Å². The number of carbonyl (C=O) groups is 1. The summed E-state index contributed by atoms with van der Waals surface area (Å²) in [5.41, 5.74) is 2.83. The highest BCUT2D eigenvalue weighted by Gasteiger charge is 2.32. The van der Waals surface area contributed by atoms with Crippen LogP contribution in [0.5, 0.6) is 5.75 Å². The molecule has 28 heavy (non-hydrogen) atoms. The fourth-order valence-electron chi connectivity index (χ4n) is 2.99. The van der Waals surface area contributed by atoms with Crippen LogP contribution in [0.4, 0.5) is 5.69 Å². The Balaban J connectivity index is 1.78. The van der Waals surface area contributed by atoms with Crippen LogP contribution >= 0.6 is 11.6 Å². The van der Waals surface area contributed by atoms with Crippen molar-refractivity contribution in [2.24, 2.45) is 4.99 Å². The summed E-state index contributed by atoms with van der Waals surface area (Å²) in [5.74, 6) is 1.17. The quantitative estimate of drug-likeness (QED) is 0.577. The van der Waals surface area contributed by atoms with Gasteiger partial charge in [-0.3, -0.25) is 9.69 Å². The van der Waals surface area contributed by atoms with Gasteiger partial charge in [0, 0.05) is 10.6 Å². The summed E-state index contributed by atoms with van der Waals surface area (Å²) in [6.45, 7) is 0. The molecule has 1 amide bonds. The minimum Gasteiger partial charge on any atom is -0.497 e. The van der Waals surface area contributed by atoms with E-state index in [0.717, 1.165) is 22.6 Å². The summed E-state index contributed by atoms with van der Waals surface area (Å²) in [5, 5.41) is 0.614. The Bertz CT molecular complexity index is 1060. The number of benzene rings is 3. The molecule has 0 aliphatic carbocycles. The molecule has 4 nitrogen and oxygen atoms in total. The third-order valence-corrected chi connectivity index (χ3v) is 4.65. The van der Waals surface area contributed by atoms with Crippen molar-refractivity contribution in [3.05, 3.63) is 101 Å². The van der Waals surface area contributed by atoms with Crippen LogP contribution in [-0.4, -0.2) is 18.9 Å². The first-order chi connectivity index (χ1) is 13.7. The maximum absolute atomic E-state index is 13.2. The first-order valence-electron chi connectivity index (χ1n) is 8.75. The Morgan fingerprint density at radius 1 is 0.929 bits per heavy atom. The molecular formula is C23H17ClN2O2. The lowest BCUT2D eigenvalue weighted by Crippen LogP contribution is -2.32. The number of hydrogen-bond acceptors (Lipinski definition) is 3. The Labute approximate surface area is 168 Å². The highest BCUT2D eigenvalue weighted by atomic mass is 35.5. The summed E-state index contributed by atoms with van der Waals surface area (Å²) in [6, 6.07) is 24.3. The highest BCUT2D eigenvalue weighted by molar-refractivity contribution is 6.33. The molecule has 3 aromatic rings. The van der Waals surface area contributed by atoms with Crippen molar-refractivity contribution in [1.29, 1.82) is 0 Å². The molecule has 4 rings (SSSR count). The Kier molecular flexibility index (Phi) is 4.96. The van der Waals surface area contributed by atoms with Gasteiger partial charge in [0.05, 0.1) is 12.8 Å². The molecule has 0 aromatic heterocycles. The van der Waals surface area contributed by atoms with Crippen molar-refractivity contribution in [1.82, 2.24) is 0 Å². The van der Waals surface area contributed by atoms with Crippen LogP contribution in [0, 0.1) is 0 Å². The number of hydrogen-bond donors (Lipinski definition) is 0. The molecule has 0 radical (unpaired) electrons. The maximum atomic E-state index is 13.2. The molecule has 0 unspecified atom stereocenters. The predicted molar refractivity (Wildman–Crippen MR) is 113 cm³/mol. The number of amidine groups is 1. The van der Waals surface area contributed by atoms with Crippen molar-refractivity contribution in [2.45, 2.75) is 0 Å². The van der Waals surface area contributed by atoms with Gasteiger partial charge in [0.25, 0.3) is 5.91 Å². The number of ether oxygens (including phenoxy) is 1. The topological polar surface area (TPSA) is 41.9 Å². The Morgan fingerprint density at radius 2 is 1.61 bits per heavy atom. The van der Waals surface area contributed by atoms with E-state index < -0.39 is 0 Å². The molecule has 0 fully saturated rings. The van der Waals surface area contributed by atoms with Crippen LogP contribution in [0.3, 0.4) is 0 Å². The van der Waals surface area contributed by atoms with E-state index in [-0.39, 0.29) is 5.91 Å². The van der Waals surface area contributed by atoms with Gasteiger partial charge in [-0.2, -0.15) is 0 Å². The van der Waals surface area contributed by atoms with E-state index in [4.69, 9.17) is 16.3 Å². The van der Waals surface area contributed by atoms with Gasteiger partial charge in [0.1, 0.15) is 17.3 Å². The third kappa shape index (κ3) is 3.55. The van der Waals surface area contributed by atoms with E-state index in [2.05, 4.69) is 4.99 Å². The molecule has 1 aliphatic heterocycles. The molecule has 0 saturated heterocycles. The molecule has 0 spiro atoms. The number of amides is 1. The van der Waals surface area contributed by atoms with Crippen LogP contribution in [0.15, 0.2) is 89.6 Å². The molecule has 0 saturated carbocycles. The van der Waals surface area contributed by atoms with Gasteiger partial charge >= 0.3 is 0 Å². The smallest absolute Gasteiger partial charge is 0.282 e. The van der Waals surface area contributed by atoms with Crippen LogP contribution < -0.4 is 9.64 Å². The second kappa shape index (κ2) is 7.71. The van der Waals surface area contributed by atoms with E-state index in [1.165, 1.54) is 0 Å². The summed E-state index contributed by atoms with van der Waals surface area (Å²) >= 11 is 6.01. The zero-order valence-corrected chi connectivity index (χ0v) is 15.9. The second-order valence-electron chi connectivity index (χ2n) is 6.22. The lowest BCUT2D eigenvalue weighted by atomic mass is 10.1. The van der Waals surface area contributed by atoms with Gasteiger partial charge in [0.15, 0.2) is 0 Å². The zero-order valence-electron chi connectivity index (χ0n) is 15.2. The fraction of sp³-hybridized carbons (Fsp3) is 0.0435. The molecule has 0 atom stereocenters. The number of methoxy groups -OCH3 is 1. The van der Waals surface area contributed by atoms with Gasteiger partial charge in [-0.15, -0.1) is 0 Å². The minimum atomic E-state index is -0.183. The summed E-state index contributed by atoms with van der Waals surface area (Å²) in [6.07, 6.45) is 1.78. The number of carbonyl (C=O) groups excluding carboxylic acids is 1. The third-order valence-electron chi connectivity index (χ3n) is 4.40. The molecular weight excluding hydrogens is 372 g/mol. The van der Waals surface area contributed by atoms with Crippen molar-refractivity contribution in [3.8, 4) is 5.75 Å². The van der Waals surface area contributed by atoms with Gasteiger partial charge in [-0.1, -0.05) is 54.1 Å². The Hall–Kier alpha value is -3.37. The number of rotatable bonds is 4. The predicted octanol–water partition coefficient (Wildman–Crippen LogP) is 5.18. The number of nitrogens with zero attached hydrogens (tertiary/aromatic N) is 2. The monoisotopic (exact) mass is 388 g/mol. The SMILES string of the molecule is COc1ccc(/C=C2/N=C(c3ccccc3)N(c3ccc(Cl)cc3)C2=O)cc1. The first kappa shape index (κ1) is 18.0. The van der Waals surface area contributed by atoms with Crippen molar-refractivity contribution in [2.75, 3.05) is 12.0 Å². The van der Waals surface area contributed by atoms with Crippen LogP contribution in [0.2, 0.25) is 5.02 Å². The van der Waals surface area contributed by atoms with Gasteiger partial charge in [0.2, 0.25) is 0 Å². The summed E-state index contributed by atoms with van der Waals surface area (Å²) in [7, 11) is 1.62. The molecule has 5 heteroatoms. The number of aliphatic imine (C=N–C) groups is 1. The van der Waals surface area contributed by atoms with E-state index in [9.17, 15) is 4.79 Å². The largest absolute Gasteiger partial charge is 0.497 e. The first-order valence-corrected chi connectivity index (χ1v) is 9.13. The molecule has 3 aromatic carbocycles. The van der Waals surface area contributed by atoms with Crippen molar-refractivity contribution >= 4 is 35.1 Å². The highest BCUT2D eigenvalue weighted by Crippen LogP contribution is 2.29. The lowest BCUT2D eigenvalue weighted by Gasteiger charge is -2.18. The van der Waals surface area contributed by atoms with Crippen LogP contribution in [0.1, 0.15) is 11.1 Å². The fourth-order valence-corrected chi connectivity index (χ4v) is 3.11. The van der Waals surface area contributed by atoms with Crippen molar-refractivity contribution in [3.63, 3.8) is 0 Å². The summed E-state index contributed by atoms with van der Waals surface area (Å²) in [4.78, 5) is 19.4. The van der Waals surface area contributed by atoms with E-state index in [1.807, 2.05) is 66.7 Å². The molecule has 0 N–H and O–H groups in total. The standard InChI is InChI=1S/C23H17ClN2O2/c1-28-20-13-7-16(8-14-20)15-21-23(27)26(19-11-9-18(24)10-12-19)22(25-21)17-5-3-2-4-6-17/h2-15H,1H3/b21-15+. The molecule has 1 heterocycles. The number of halogens is 1. The lowest BCUT2D eigenvalue weighted by molar-refractivity contribution is -0.113. The number of anilines is 1. The second-order valence-corrected chi connectivity index (χ2v) is 6.66. The normalized spacial score (nSPS) is 15.1. The minimum absolute atomic E-state index is 0.183. The average Bonchev–Trinajstić information content (AvgIpc) is 3.06. The Morgan fingerprint density at radius 3 is 2.25 bits per heavy atom. The van der Waals surface area contributed by atoms with E-state index in [0.29, 0.717) is 16.6 Å². The summed E-state index contributed by atoms with van der Waals surface area (Å²) < 4.78 is 5.19. The maximum Gasteiger partial charge on any atom is 0.282 e. The van der Waals surface area contributed by atoms with E-state index >= 15 is 0 Å². The average molecular weight is 389 g/mol. The van der Waals surface area contributed by atoms with Gasteiger partial charge in [-0.25, -0.2) is 4.99 Å². The van der Waals surface area contributed by atoms with Gasteiger partial charge < -0.3 is 4.74 Å². The van der Waals surface area contributed by atoms with E-state index in [1.54, 1.807) is 30.2 Å². The molecule has 138 valence electrons. The zero-order chi connectivity index (χ0) is 19.5.